The van der Waals surface area contributed by atoms with Crippen molar-refractivity contribution in [3.8, 4) is 0 Å². The smallest absolute Gasteiger partial charge is 0.240 e. The maximum Gasteiger partial charge on any atom is 0.240 e. The maximum absolute atomic E-state index is 12.2. The van der Waals surface area contributed by atoms with Crippen molar-refractivity contribution in [2.24, 2.45) is 5.73 Å². The minimum atomic E-state index is -3.50. The van der Waals surface area contributed by atoms with Gasteiger partial charge in [-0.15, -0.1) is 0 Å². The van der Waals surface area contributed by atoms with Crippen molar-refractivity contribution in [2.75, 3.05) is 6.54 Å². The summed E-state index contributed by atoms with van der Waals surface area (Å²) >= 11 is 0. The summed E-state index contributed by atoms with van der Waals surface area (Å²) in [6.45, 7) is 1.24. The predicted octanol–water partition coefficient (Wildman–Crippen LogP) is 0.710. The number of nitrogens with two attached hydrogens (primary N) is 1. The predicted molar refractivity (Wildman–Crippen MR) is 76.4 cm³/mol. The van der Waals surface area contributed by atoms with E-state index in [2.05, 4.69) is 9.82 Å². The van der Waals surface area contributed by atoms with Crippen LogP contribution >= 0.6 is 0 Å². The van der Waals surface area contributed by atoms with Gasteiger partial charge in [0.05, 0.1) is 4.90 Å². The van der Waals surface area contributed by atoms with Gasteiger partial charge in [0, 0.05) is 32.0 Å². The van der Waals surface area contributed by atoms with Crippen LogP contribution < -0.4 is 10.5 Å². The Labute approximate surface area is 118 Å². The second-order valence-electron chi connectivity index (χ2n) is 4.33. The van der Waals surface area contributed by atoms with E-state index in [0.717, 1.165) is 0 Å². The SMILES string of the molecule is NCc1ccccc1S(=O)(=O)NCCCn1cccn1. The van der Waals surface area contributed by atoms with E-state index in [0.29, 0.717) is 25.1 Å². The fourth-order valence-corrected chi connectivity index (χ4v) is 3.22. The topological polar surface area (TPSA) is 90.0 Å². The van der Waals surface area contributed by atoms with E-state index in [-0.39, 0.29) is 11.4 Å². The van der Waals surface area contributed by atoms with E-state index in [1.54, 1.807) is 35.1 Å². The molecule has 20 heavy (non-hydrogen) atoms. The number of rotatable bonds is 7. The van der Waals surface area contributed by atoms with Gasteiger partial charge < -0.3 is 5.73 Å². The lowest BCUT2D eigenvalue weighted by Crippen LogP contribution is -2.27. The third-order valence-corrected chi connectivity index (χ3v) is 4.46. The van der Waals surface area contributed by atoms with Crippen LogP contribution in [0.1, 0.15) is 12.0 Å². The molecule has 6 nitrogen and oxygen atoms in total. The molecule has 0 aliphatic rings. The van der Waals surface area contributed by atoms with Gasteiger partial charge >= 0.3 is 0 Å². The number of hydrogen-bond donors (Lipinski definition) is 2. The molecule has 0 saturated heterocycles. The first-order chi connectivity index (χ1) is 9.63. The zero-order valence-electron chi connectivity index (χ0n) is 11.1. The average molecular weight is 294 g/mol. The lowest BCUT2D eigenvalue weighted by Gasteiger charge is -2.10. The van der Waals surface area contributed by atoms with Crippen LogP contribution in [-0.2, 0) is 23.1 Å². The van der Waals surface area contributed by atoms with Gasteiger partial charge in [-0.1, -0.05) is 18.2 Å². The highest BCUT2D eigenvalue weighted by atomic mass is 32.2. The molecule has 3 N–H and O–H groups in total. The minimum absolute atomic E-state index is 0.199. The highest BCUT2D eigenvalue weighted by Crippen LogP contribution is 2.14. The van der Waals surface area contributed by atoms with Crippen LogP contribution in [0.5, 0.6) is 0 Å². The molecule has 0 spiro atoms. The third-order valence-electron chi connectivity index (χ3n) is 2.90. The Kier molecular flexibility index (Phi) is 4.89. The second-order valence-corrected chi connectivity index (χ2v) is 6.07. The van der Waals surface area contributed by atoms with E-state index in [4.69, 9.17) is 5.73 Å². The molecule has 0 atom stereocenters. The first kappa shape index (κ1) is 14.7. The Morgan fingerprint density at radius 1 is 1.25 bits per heavy atom. The summed E-state index contributed by atoms with van der Waals surface area (Å²) in [5, 5.41) is 4.06. The van der Waals surface area contributed by atoms with E-state index >= 15 is 0 Å². The molecule has 0 saturated carbocycles. The maximum atomic E-state index is 12.2. The fourth-order valence-electron chi connectivity index (χ4n) is 1.89. The number of nitrogens with zero attached hydrogens (tertiary/aromatic N) is 2. The fraction of sp³-hybridized carbons (Fsp3) is 0.308. The summed E-state index contributed by atoms with van der Waals surface area (Å²) in [6, 6.07) is 8.59. The van der Waals surface area contributed by atoms with Crippen molar-refractivity contribution in [3.05, 3.63) is 48.3 Å². The van der Waals surface area contributed by atoms with Crippen LogP contribution in [0.2, 0.25) is 0 Å². The lowest BCUT2D eigenvalue weighted by molar-refractivity contribution is 0.552. The second kappa shape index (κ2) is 6.65. The quantitative estimate of drug-likeness (QED) is 0.736. The first-order valence-electron chi connectivity index (χ1n) is 6.38. The van der Waals surface area contributed by atoms with Gasteiger partial charge in [0.2, 0.25) is 10.0 Å². The highest BCUT2D eigenvalue weighted by molar-refractivity contribution is 7.89. The number of hydrogen-bond acceptors (Lipinski definition) is 4. The summed E-state index contributed by atoms with van der Waals surface area (Å²) in [5.74, 6) is 0. The molecule has 0 amide bonds. The number of aryl methyl sites for hydroxylation is 1. The van der Waals surface area contributed by atoms with Crippen LogP contribution in [-0.4, -0.2) is 24.7 Å². The standard InChI is InChI=1S/C13H18N4O2S/c14-11-12-5-1-2-6-13(12)20(18,19)16-8-4-10-17-9-3-7-15-17/h1-3,5-7,9,16H,4,8,10-11,14H2. The summed E-state index contributed by atoms with van der Waals surface area (Å²) in [4.78, 5) is 0.251. The van der Waals surface area contributed by atoms with Gasteiger partial charge in [0.15, 0.2) is 0 Å². The normalized spacial score (nSPS) is 11.7. The molecule has 1 heterocycles. The Balaban J connectivity index is 1.94. The van der Waals surface area contributed by atoms with Gasteiger partial charge in [-0.2, -0.15) is 5.10 Å². The molecule has 1 aromatic carbocycles. The van der Waals surface area contributed by atoms with Crippen molar-refractivity contribution in [1.29, 1.82) is 0 Å². The minimum Gasteiger partial charge on any atom is -0.326 e. The Morgan fingerprint density at radius 2 is 2.05 bits per heavy atom. The largest absolute Gasteiger partial charge is 0.326 e. The lowest BCUT2D eigenvalue weighted by atomic mass is 10.2. The highest BCUT2D eigenvalue weighted by Gasteiger charge is 2.16. The molecule has 0 radical (unpaired) electrons. The van der Waals surface area contributed by atoms with Crippen LogP contribution in [0, 0.1) is 0 Å². The van der Waals surface area contributed by atoms with E-state index in [1.165, 1.54) is 0 Å². The molecule has 2 aromatic rings. The van der Waals surface area contributed by atoms with Crippen LogP contribution in [0.15, 0.2) is 47.6 Å². The molecule has 0 aliphatic heterocycles. The van der Waals surface area contributed by atoms with Crippen LogP contribution in [0.4, 0.5) is 0 Å². The van der Waals surface area contributed by atoms with Gasteiger partial charge in [0.25, 0.3) is 0 Å². The Hall–Kier alpha value is -1.70. The van der Waals surface area contributed by atoms with Gasteiger partial charge in [-0.3, -0.25) is 4.68 Å². The van der Waals surface area contributed by atoms with Crippen molar-refractivity contribution in [3.63, 3.8) is 0 Å². The number of sulfonamides is 1. The zero-order chi connectivity index (χ0) is 14.4. The van der Waals surface area contributed by atoms with E-state index < -0.39 is 10.0 Å². The molecular weight excluding hydrogens is 276 g/mol. The number of nitrogens with one attached hydrogen (secondary N) is 1. The monoisotopic (exact) mass is 294 g/mol. The summed E-state index contributed by atoms with van der Waals surface area (Å²) in [5.41, 5.74) is 6.18. The van der Waals surface area contributed by atoms with Crippen molar-refractivity contribution >= 4 is 10.0 Å². The molecule has 0 fully saturated rings. The zero-order valence-corrected chi connectivity index (χ0v) is 11.9. The average Bonchev–Trinajstić information content (AvgIpc) is 2.97. The van der Waals surface area contributed by atoms with Crippen molar-refractivity contribution in [1.82, 2.24) is 14.5 Å². The Morgan fingerprint density at radius 3 is 2.75 bits per heavy atom. The van der Waals surface area contributed by atoms with Crippen molar-refractivity contribution in [2.45, 2.75) is 24.4 Å². The van der Waals surface area contributed by atoms with Crippen LogP contribution in [0.25, 0.3) is 0 Å². The molecule has 0 aliphatic carbocycles. The molecule has 1 aromatic heterocycles. The van der Waals surface area contributed by atoms with Gasteiger partial charge in [-0.25, -0.2) is 13.1 Å². The molecule has 2 rings (SSSR count). The van der Waals surface area contributed by atoms with E-state index in [1.807, 2.05) is 12.3 Å². The number of aromatic nitrogens is 2. The van der Waals surface area contributed by atoms with Gasteiger partial charge in [0.1, 0.15) is 0 Å². The summed E-state index contributed by atoms with van der Waals surface area (Å²) in [6.07, 6.45) is 4.21. The number of benzene rings is 1. The van der Waals surface area contributed by atoms with E-state index in [9.17, 15) is 8.42 Å². The molecule has 108 valence electrons. The first-order valence-corrected chi connectivity index (χ1v) is 7.87. The third kappa shape index (κ3) is 3.66. The van der Waals surface area contributed by atoms with Crippen LogP contribution in [0.3, 0.4) is 0 Å². The van der Waals surface area contributed by atoms with Gasteiger partial charge in [-0.05, 0) is 24.1 Å². The summed E-state index contributed by atoms with van der Waals surface area (Å²) < 4.78 is 28.7. The van der Waals surface area contributed by atoms with Crippen molar-refractivity contribution < 1.29 is 8.42 Å². The summed E-state index contributed by atoms with van der Waals surface area (Å²) in [7, 11) is -3.50. The Bertz CT molecular complexity index is 638. The molecule has 7 heteroatoms. The molecular formula is C13H18N4O2S. The molecule has 0 unspecified atom stereocenters. The molecule has 0 bridgehead atoms.